The average Bonchev–Trinajstić information content (AvgIpc) is 3.47. The van der Waals surface area contributed by atoms with Crippen LogP contribution >= 0.6 is 11.6 Å². The first-order valence-corrected chi connectivity index (χ1v) is 19.2. The number of ether oxygens (including phenoxy) is 1. The van der Waals surface area contributed by atoms with Gasteiger partial charge >= 0.3 is 5.97 Å². The molecule has 0 aromatic heterocycles. The number of unbranched alkanes of at least 4 members (excludes halogenated alkanes) is 2. The van der Waals surface area contributed by atoms with Crippen molar-refractivity contribution in [3.8, 4) is 5.75 Å². The molecule has 2 aliphatic heterocycles. The number of fused-ring (bicyclic) bond motifs is 2. The molecular formula is C46H54Cl2N2O2. The van der Waals surface area contributed by atoms with Crippen LogP contribution in [0.4, 0.5) is 11.4 Å². The van der Waals surface area contributed by atoms with Crippen molar-refractivity contribution in [2.75, 3.05) is 18.0 Å². The van der Waals surface area contributed by atoms with E-state index in [2.05, 4.69) is 117 Å². The zero-order valence-corrected chi connectivity index (χ0v) is 33.5. The lowest BCUT2D eigenvalue weighted by Crippen LogP contribution is -3.00. The number of hydrogen-bond acceptors (Lipinski definition) is 3. The lowest BCUT2D eigenvalue weighted by Gasteiger charge is -2.26. The first kappa shape index (κ1) is 39.4. The highest BCUT2D eigenvalue weighted by Crippen LogP contribution is 2.48. The molecule has 0 bridgehead atoms. The second kappa shape index (κ2) is 16.5. The predicted molar refractivity (Wildman–Crippen MR) is 213 cm³/mol. The average molecular weight is 738 g/mol. The van der Waals surface area contributed by atoms with Crippen LogP contribution in [0.3, 0.4) is 0 Å². The van der Waals surface area contributed by atoms with E-state index in [4.69, 9.17) is 16.3 Å². The Morgan fingerprint density at radius 1 is 0.923 bits per heavy atom. The van der Waals surface area contributed by atoms with Gasteiger partial charge in [-0.15, -0.1) is 5.73 Å². The van der Waals surface area contributed by atoms with Crippen LogP contribution in [0.2, 0.25) is 0 Å². The van der Waals surface area contributed by atoms with E-state index in [0.29, 0.717) is 12.2 Å². The molecule has 0 N–H and O–H groups in total. The van der Waals surface area contributed by atoms with Gasteiger partial charge in [0, 0.05) is 52.7 Å². The summed E-state index contributed by atoms with van der Waals surface area (Å²) in [6.07, 6.45) is 13.1. The number of nitrogens with zero attached hydrogens (tertiary/aromatic N) is 2. The standard InChI is InChI=1S/C46H54ClN2O2.ClH/c1-8-48-38-24-13-11-22-36(38)45(4,5)40(48)29-27-34-20-17-21-35(43(34)47)28-30-41-46(6,7)37-23-12-14-25-39(37)49(41)31-15-9-10-26-42(50)51-44-32(2)18-16-19-33(44)3;/h11-14,16,18-19,22-25,27-29,35H,8-10,15,17,20-21,26,31H2,1-7H3;1H/q+1;/p-1/b29-27+;. The Kier molecular flexibility index (Phi) is 12.5. The fourth-order valence-corrected chi connectivity index (χ4v) is 8.64. The molecule has 274 valence electrons. The van der Waals surface area contributed by atoms with E-state index in [1.165, 1.54) is 39.5 Å². The Morgan fingerprint density at radius 2 is 1.62 bits per heavy atom. The SMILES string of the molecule is CC[N+]1=C(/C=C/C2=C(Cl)C(C=C=C3N(CCCCCC(=O)Oc4c(C)cccc4C)c4ccccc4C3(C)C)CCC2)C(C)(C)c2ccccc21.[Cl-]. The zero-order chi connectivity index (χ0) is 36.3. The summed E-state index contributed by atoms with van der Waals surface area (Å²) in [7, 11) is 0. The lowest BCUT2D eigenvalue weighted by atomic mass is 9.81. The molecule has 2 heterocycles. The number of carbonyl (C=O) groups excluding carboxylic acids is 1. The van der Waals surface area contributed by atoms with Crippen LogP contribution in [0.15, 0.2) is 107 Å². The van der Waals surface area contributed by atoms with Gasteiger partial charge in [0.05, 0.1) is 11.1 Å². The molecule has 6 rings (SSSR count). The number of allylic oxidation sites excluding steroid dienone is 5. The van der Waals surface area contributed by atoms with E-state index < -0.39 is 0 Å². The second-order valence-electron chi connectivity index (χ2n) is 15.4. The van der Waals surface area contributed by atoms with Gasteiger partial charge in [-0.2, -0.15) is 4.58 Å². The maximum atomic E-state index is 12.7. The highest BCUT2D eigenvalue weighted by atomic mass is 35.5. The molecule has 0 spiro atoms. The fraction of sp³-hybridized carbons (Fsp3) is 0.413. The van der Waals surface area contributed by atoms with Crippen molar-refractivity contribution >= 4 is 34.7 Å². The quantitative estimate of drug-likeness (QED) is 0.0651. The normalized spacial score (nSPS) is 18.7. The molecule has 0 amide bonds. The van der Waals surface area contributed by atoms with Gasteiger partial charge in [0.25, 0.3) is 0 Å². The Labute approximate surface area is 323 Å². The Balaban J connectivity index is 0.00000523. The van der Waals surface area contributed by atoms with Gasteiger partial charge in [-0.1, -0.05) is 78.7 Å². The van der Waals surface area contributed by atoms with Crippen LogP contribution in [0.1, 0.15) is 102 Å². The number of anilines is 1. The van der Waals surface area contributed by atoms with E-state index in [-0.39, 0.29) is 35.1 Å². The molecule has 0 saturated carbocycles. The Morgan fingerprint density at radius 3 is 2.35 bits per heavy atom. The lowest BCUT2D eigenvalue weighted by molar-refractivity contribution is -0.433. The maximum absolute atomic E-state index is 12.7. The molecule has 52 heavy (non-hydrogen) atoms. The molecule has 6 heteroatoms. The Hall–Kier alpha value is -3.82. The number of benzene rings is 3. The zero-order valence-electron chi connectivity index (χ0n) is 32.0. The van der Waals surface area contributed by atoms with Crippen molar-refractivity contribution in [2.45, 2.75) is 104 Å². The molecule has 3 aromatic carbocycles. The van der Waals surface area contributed by atoms with Crippen LogP contribution in [-0.2, 0) is 15.6 Å². The first-order valence-electron chi connectivity index (χ1n) is 18.9. The van der Waals surface area contributed by atoms with Crippen LogP contribution in [-0.4, -0.2) is 29.3 Å². The molecule has 3 aromatic rings. The summed E-state index contributed by atoms with van der Waals surface area (Å²) in [6, 6.07) is 23.5. The van der Waals surface area contributed by atoms with Crippen LogP contribution in [0, 0.1) is 19.8 Å². The smallest absolute Gasteiger partial charge is 0.311 e. The molecule has 1 unspecified atom stereocenters. The summed E-state index contributed by atoms with van der Waals surface area (Å²) in [4.78, 5) is 15.1. The maximum Gasteiger partial charge on any atom is 0.311 e. The molecule has 1 aliphatic carbocycles. The number of aryl methyl sites for hydroxylation is 2. The van der Waals surface area contributed by atoms with Gasteiger partial charge < -0.3 is 22.0 Å². The largest absolute Gasteiger partial charge is 1.00 e. The van der Waals surface area contributed by atoms with E-state index >= 15 is 0 Å². The van der Waals surface area contributed by atoms with Crippen molar-refractivity contribution in [1.82, 2.24) is 0 Å². The van der Waals surface area contributed by atoms with E-state index in [1.54, 1.807) is 0 Å². The van der Waals surface area contributed by atoms with Crippen molar-refractivity contribution in [2.24, 2.45) is 5.92 Å². The third kappa shape index (κ3) is 7.76. The summed E-state index contributed by atoms with van der Waals surface area (Å²) < 4.78 is 8.18. The minimum Gasteiger partial charge on any atom is -1.00 e. The van der Waals surface area contributed by atoms with E-state index in [1.807, 2.05) is 32.0 Å². The molecule has 4 nitrogen and oxygen atoms in total. The molecule has 1 atom stereocenters. The third-order valence-electron chi connectivity index (χ3n) is 11.2. The van der Waals surface area contributed by atoms with E-state index in [9.17, 15) is 4.79 Å². The molecule has 0 fully saturated rings. The number of esters is 1. The second-order valence-corrected chi connectivity index (χ2v) is 15.8. The number of para-hydroxylation sites is 3. The Bertz CT molecular complexity index is 1950. The van der Waals surface area contributed by atoms with Crippen molar-refractivity contribution in [3.63, 3.8) is 0 Å². The summed E-state index contributed by atoms with van der Waals surface area (Å²) >= 11 is 7.23. The molecular weight excluding hydrogens is 683 g/mol. The highest BCUT2D eigenvalue weighted by molar-refractivity contribution is 6.30. The van der Waals surface area contributed by atoms with Gasteiger partial charge in [-0.05, 0) is 115 Å². The van der Waals surface area contributed by atoms with Crippen molar-refractivity contribution < 1.29 is 26.5 Å². The van der Waals surface area contributed by atoms with Gasteiger partial charge in [-0.25, -0.2) is 0 Å². The number of hydrogen-bond donors (Lipinski definition) is 0. The van der Waals surface area contributed by atoms with Crippen LogP contribution in [0.25, 0.3) is 0 Å². The summed E-state index contributed by atoms with van der Waals surface area (Å²) in [5, 5.41) is 0.940. The van der Waals surface area contributed by atoms with Crippen LogP contribution < -0.4 is 22.0 Å². The van der Waals surface area contributed by atoms with Crippen LogP contribution in [0.5, 0.6) is 5.75 Å². The van der Waals surface area contributed by atoms with Gasteiger partial charge in [0.1, 0.15) is 12.3 Å². The fourth-order valence-electron chi connectivity index (χ4n) is 8.31. The van der Waals surface area contributed by atoms with Crippen molar-refractivity contribution in [3.05, 3.63) is 129 Å². The predicted octanol–water partition coefficient (Wildman–Crippen LogP) is 8.56. The summed E-state index contributed by atoms with van der Waals surface area (Å²) in [5.41, 5.74) is 14.5. The van der Waals surface area contributed by atoms with E-state index in [0.717, 1.165) is 67.8 Å². The monoisotopic (exact) mass is 736 g/mol. The number of carbonyl (C=O) groups is 1. The first-order chi connectivity index (χ1) is 24.4. The minimum atomic E-state index is -0.181. The summed E-state index contributed by atoms with van der Waals surface area (Å²) in [5.74, 6) is 0.674. The topological polar surface area (TPSA) is 32.5 Å². The number of halogens is 2. The third-order valence-corrected chi connectivity index (χ3v) is 11.7. The molecule has 0 saturated heterocycles. The van der Waals surface area contributed by atoms with Crippen molar-refractivity contribution in [1.29, 1.82) is 0 Å². The molecule has 0 radical (unpaired) electrons. The van der Waals surface area contributed by atoms with Gasteiger partial charge in [0.15, 0.2) is 5.71 Å². The molecule has 3 aliphatic rings. The van der Waals surface area contributed by atoms with Gasteiger partial charge in [0.2, 0.25) is 5.69 Å². The summed E-state index contributed by atoms with van der Waals surface area (Å²) in [6.45, 7) is 17.2. The van der Waals surface area contributed by atoms with Gasteiger partial charge in [-0.3, -0.25) is 4.79 Å². The number of rotatable bonds is 11. The highest BCUT2D eigenvalue weighted by Gasteiger charge is 2.43. The minimum absolute atomic E-state index is 0.